The van der Waals surface area contributed by atoms with Crippen LogP contribution >= 0.6 is 0 Å². The van der Waals surface area contributed by atoms with Crippen molar-refractivity contribution in [2.75, 3.05) is 6.61 Å². The van der Waals surface area contributed by atoms with Gasteiger partial charge in [0.25, 0.3) is 0 Å². The van der Waals surface area contributed by atoms with Gasteiger partial charge in [-0.05, 0) is 46.1 Å². The van der Waals surface area contributed by atoms with Crippen LogP contribution in [0.2, 0.25) is 0 Å². The SMILES string of the molecule is CCCCCCCCOC(=O)C1=C[C@@H](OC(CC)CC)[C@H](NC(C)=O)[C@@H](NC(=O)OC(C)(C)C)C1. The summed E-state index contributed by atoms with van der Waals surface area (Å²) < 4.78 is 17.3. The highest BCUT2D eigenvalue weighted by Crippen LogP contribution is 2.26. The Kier molecular flexibility index (Phi) is 14.0. The van der Waals surface area contributed by atoms with E-state index in [4.69, 9.17) is 14.2 Å². The molecular formula is C27H48N2O6. The lowest BCUT2D eigenvalue weighted by Crippen LogP contribution is -2.60. The number of rotatable bonds is 14. The molecule has 0 saturated carbocycles. The molecule has 1 aliphatic carbocycles. The lowest BCUT2D eigenvalue weighted by molar-refractivity contribution is -0.139. The molecule has 3 atom stereocenters. The highest BCUT2D eigenvalue weighted by molar-refractivity contribution is 5.89. The summed E-state index contributed by atoms with van der Waals surface area (Å²) in [5.74, 6) is -0.652. The molecule has 1 rings (SSSR count). The number of amides is 2. The quantitative estimate of drug-likeness (QED) is 0.253. The van der Waals surface area contributed by atoms with Crippen molar-refractivity contribution in [2.45, 2.75) is 136 Å². The van der Waals surface area contributed by atoms with Gasteiger partial charge in [-0.1, -0.05) is 52.9 Å². The zero-order chi connectivity index (χ0) is 26.4. The first kappa shape index (κ1) is 30.9. The van der Waals surface area contributed by atoms with Gasteiger partial charge in [-0.25, -0.2) is 9.59 Å². The van der Waals surface area contributed by atoms with Gasteiger partial charge in [0.05, 0.1) is 30.9 Å². The number of unbranched alkanes of at least 4 members (excludes halogenated alkanes) is 5. The fourth-order valence-corrected chi connectivity index (χ4v) is 4.10. The number of hydrogen-bond donors (Lipinski definition) is 2. The van der Waals surface area contributed by atoms with E-state index in [1.54, 1.807) is 26.8 Å². The van der Waals surface area contributed by atoms with Crippen molar-refractivity contribution in [1.29, 1.82) is 0 Å². The van der Waals surface area contributed by atoms with Gasteiger partial charge < -0.3 is 24.8 Å². The third-order valence-electron chi connectivity index (χ3n) is 5.92. The van der Waals surface area contributed by atoms with Crippen LogP contribution < -0.4 is 10.6 Å². The minimum Gasteiger partial charge on any atom is -0.462 e. The summed E-state index contributed by atoms with van der Waals surface area (Å²) in [5, 5.41) is 5.76. The van der Waals surface area contributed by atoms with Crippen molar-refractivity contribution in [3.63, 3.8) is 0 Å². The summed E-state index contributed by atoms with van der Waals surface area (Å²) in [6.07, 6.45) is 8.90. The minimum absolute atomic E-state index is 0.0480. The van der Waals surface area contributed by atoms with Crippen LogP contribution in [0.4, 0.5) is 4.79 Å². The molecule has 8 nitrogen and oxygen atoms in total. The molecule has 0 aromatic rings. The predicted molar refractivity (Wildman–Crippen MR) is 137 cm³/mol. The van der Waals surface area contributed by atoms with Crippen LogP contribution in [0.3, 0.4) is 0 Å². The Hall–Kier alpha value is -2.09. The molecule has 0 aromatic carbocycles. The zero-order valence-corrected chi connectivity index (χ0v) is 22.9. The molecule has 35 heavy (non-hydrogen) atoms. The van der Waals surface area contributed by atoms with Crippen molar-refractivity contribution in [1.82, 2.24) is 10.6 Å². The number of esters is 1. The van der Waals surface area contributed by atoms with Gasteiger partial charge in [0.1, 0.15) is 5.60 Å². The van der Waals surface area contributed by atoms with E-state index < -0.39 is 35.9 Å². The van der Waals surface area contributed by atoms with Crippen LogP contribution in [0.5, 0.6) is 0 Å². The molecule has 0 fully saturated rings. The number of alkyl carbamates (subject to hydrolysis) is 1. The van der Waals surface area contributed by atoms with Crippen molar-refractivity contribution >= 4 is 18.0 Å². The topological polar surface area (TPSA) is 103 Å². The standard InChI is InChI=1S/C27H48N2O6/c1-8-11-12-13-14-15-16-33-25(31)20-17-22(29-26(32)35-27(5,6)7)24(28-19(4)30)23(18-20)34-21(9-2)10-3/h18,21-24H,8-17H2,1-7H3,(H,28,30)(H,29,32)/t22-,23+,24+/m0/s1. The summed E-state index contributed by atoms with van der Waals surface area (Å²) in [5.41, 5.74) is -0.239. The molecule has 0 saturated heterocycles. The average Bonchev–Trinajstić information content (AvgIpc) is 2.76. The summed E-state index contributed by atoms with van der Waals surface area (Å²) in [4.78, 5) is 37.5. The van der Waals surface area contributed by atoms with Gasteiger partial charge >= 0.3 is 12.1 Å². The third kappa shape index (κ3) is 12.4. The van der Waals surface area contributed by atoms with Crippen LogP contribution in [0, 0.1) is 0 Å². The zero-order valence-electron chi connectivity index (χ0n) is 22.9. The van der Waals surface area contributed by atoms with E-state index in [9.17, 15) is 14.4 Å². The fraction of sp³-hybridized carbons (Fsp3) is 0.815. The normalized spacial score (nSPS) is 20.2. The van der Waals surface area contributed by atoms with E-state index in [1.807, 2.05) is 13.8 Å². The lowest BCUT2D eigenvalue weighted by Gasteiger charge is -2.38. The molecule has 0 heterocycles. The third-order valence-corrected chi connectivity index (χ3v) is 5.92. The average molecular weight is 497 g/mol. The van der Waals surface area contributed by atoms with Gasteiger partial charge in [-0.2, -0.15) is 0 Å². The fourth-order valence-electron chi connectivity index (χ4n) is 4.10. The maximum atomic E-state index is 12.9. The second-order valence-electron chi connectivity index (χ2n) is 10.3. The molecule has 202 valence electrons. The Bertz CT molecular complexity index is 696. The maximum Gasteiger partial charge on any atom is 0.407 e. The monoisotopic (exact) mass is 496 g/mol. The summed E-state index contributed by atoms with van der Waals surface area (Å²) >= 11 is 0. The first-order valence-corrected chi connectivity index (χ1v) is 13.3. The largest absolute Gasteiger partial charge is 0.462 e. The van der Waals surface area contributed by atoms with E-state index >= 15 is 0 Å². The van der Waals surface area contributed by atoms with Crippen LogP contribution in [0.1, 0.15) is 106 Å². The van der Waals surface area contributed by atoms with E-state index in [2.05, 4.69) is 17.6 Å². The van der Waals surface area contributed by atoms with Crippen LogP contribution in [-0.2, 0) is 23.8 Å². The smallest absolute Gasteiger partial charge is 0.407 e. The molecule has 0 unspecified atom stereocenters. The minimum atomic E-state index is -0.678. The van der Waals surface area contributed by atoms with Gasteiger partial charge in [0.2, 0.25) is 5.91 Å². The summed E-state index contributed by atoms with van der Waals surface area (Å²) in [7, 11) is 0. The van der Waals surface area contributed by atoms with Gasteiger partial charge in [0, 0.05) is 18.9 Å². The number of carbonyl (C=O) groups is 3. The molecule has 8 heteroatoms. The second kappa shape index (κ2) is 15.8. The Morgan fingerprint density at radius 2 is 1.63 bits per heavy atom. The molecular weight excluding hydrogens is 448 g/mol. The van der Waals surface area contributed by atoms with Gasteiger partial charge in [-0.3, -0.25) is 4.79 Å². The Morgan fingerprint density at radius 3 is 2.20 bits per heavy atom. The molecule has 0 aromatic heterocycles. The first-order chi connectivity index (χ1) is 16.5. The van der Waals surface area contributed by atoms with Crippen molar-refractivity contribution in [3.8, 4) is 0 Å². The van der Waals surface area contributed by atoms with Crippen molar-refractivity contribution < 1.29 is 28.6 Å². The maximum absolute atomic E-state index is 12.9. The molecule has 0 radical (unpaired) electrons. The molecule has 2 amide bonds. The molecule has 0 aliphatic heterocycles. The van der Waals surface area contributed by atoms with Crippen molar-refractivity contribution in [3.05, 3.63) is 11.6 Å². The van der Waals surface area contributed by atoms with Crippen LogP contribution in [-0.4, -0.2) is 54.5 Å². The van der Waals surface area contributed by atoms with E-state index in [0.717, 1.165) is 32.1 Å². The Morgan fingerprint density at radius 1 is 1.00 bits per heavy atom. The molecule has 2 N–H and O–H groups in total. The molecule has 0 spiro atoms. The van der Waals surface area contributed by atoms with Crippen LogP contribution in [0.15, 0.2) is 11.6 Å². The number of ether oxygens (including phenoxy) is 3. The predicted octanol–water partition coefficient (Wildman–Crippen LogP) is 5.19. The van der Waals surface area contributed by atoms with Crippen molar-refractivity contribution in [2.24, 2.45) is 0 Å². The molecule has 1 aliphatic rings. The van der Waals surface area contributed by atoms with Gasteiger partial charge in [-0.15, -0.1) is 0 Å². The summed E-state index contributed by atoms with van der Waals surface area (Å²) in [6.45, 7) is 13.4. The lowest BCUT2D eigenvalue weighted by atomic mass is 9.87. The van der Waals surface area contributed by atoms with E-state index in [0.29, 0.717) is 12.2 Å². The van der Waals surface area contributed by atoms with Crippen LogP contribution in [0.25, 0.3) is 0 Å². The molecule has 0 bridgehead atoms. The van der Waals surface area contributed by atoms with Gasteiger partial charge in [0.15, 0.2) is 0 Å². The second-order valence-corrected chi connectivity index (χ2v) is 10.3. The Balaban J connectivity index is 3.01. The first-order valence-electron chi connectivity index (χ1n) is 13.3. The number of hydrogen-bond acceptors (Lipinski definition) is 6. The highest BCUT2D eigenvalue weighted by atomic mass is 16.6. The van der Waals surface area contributed by atoms with E-state index in [-0.39, 0.29) is 18.4 Å². The summed E-state index contributed by atoms with van der Waals surface area (Å²) in [6, 6.07) is -1.13. The number of carbonyl (C=O) groups excluding carboxylic acids is 3. The number of nitrogens with one attached hydrogen (secondary N) is 2. The van der Waals surface area contributed by atoms with E-state index in [1.165, 1.54) is 26.2 Å². The Labute approximate surface area is 211 Å². The highest BCUT2D eigenvalue weighted by Gasteiger charge is 2.39.